The van der Waals surface area contributed by atoms with Gasteiger partial charge in [-0.05, 0) is 44.0 Å². The van der Waals surface area contributed by atoms with Crippen molar-refractivity contribution in [1.82, 2.24) is 5.32 Å². The molecule has 0 saturated carbocycles. The van der Waals surface area contributed by atoms with Gasteiger partial charge in [-0.15, -0.1) is 0 Å². The Morgan fingerprint density at radius 3 is 2.75 bits per heavy atom. The maximum absolute atomic E-state index is 5.41. The molecule has 90 valence electrons. The van der Waals surface area contributed by atoms with Crippen LogP contribution in [0.5, 0.6) is 5.75 Å². The molecule has 0 spiro atoms. The highest BCUT2D eigenvalue weighted by molar-refractivity contribution is 5.39. The lowest BCUT2D eigenvalue weighted by Gasteiger charge is -2.16. The van der Waals surface area contributed by atoms with E-state index in [4.69, 9.17) is 4.74 Å². The third kappa shape index (κ3) is 3.53. The van der Waals surface area contributed by atoms with E-state index in [2.05, 4.69) is 44.3 Å². The highest BCUT2D eigenvalue weighted by atomic mass is 16.5. The van der Waals surface area contributed by atoms with Gasteiger partial charge in [0, 0.05) is 0 Å². The summed E-state index contributed by atoms with van der Waals surface area (Å²) in [4.78, 5) is 0. The molecule has 2 heteroatoms. The van der Waals surface area contributed by atoms with Gasteiger partial charge in [-0.2, -0.15) is 0 Å². The standard InChI is InChI=1S/C14H23NO/c1-5-15-9-8-12(3)13-10-11(2)6-7-14(13)16-4/h6-7,10,12,15H,5,8-9H2,1-4H3. The number of benzene rings is 1. The molecule has 1 rings (SSSR count). The molecule has 0 aromatic heterocycles. The van der Waals surface area contributed by atoms with Crippen molar-refractivity contribution < 1.29 is 4.74 Å². The summed E-state index contributed by atoms with van der Waals surface area (Å²) in [6, 6.07) is 6.39. The fraction of sp³-hybridized carbons (Fsp3) is 0.571. The molecule has 1 N–H and O–H groups in total. The molecule has 1 aromatic rings. The van der Waals surface area contributed by atoms with Crippen LogP contribution in [0, 0.1) is 6.92 Å². The maximum atomic E-state index is 5.41. The third-order valence-electron chi connectivity index (χ3n) is 2.92. The van der Waals surface area contributed by atoms with Gasteiger partial charge in [-0.25, -0.2) is 0 Å². The molecule has 1 atom stereocenters. The minimum Gasteiger partial charge on any atom is -0.496 e. The predicted octanol–water partition coefficient (Wildman–Crippen LogP) is 3.11. The Kier molecular flexibility index (Phi) is 5.33. The summed E-state index contributed by atoms with van der Waals surface area (Å²) in [5.41, 5.74) is 2.62. The first kappa shape index (κ1) is 13.0. The number of ether oxygens (including phenoxy) is 1. The van der Waals surface area contributed by atoms with Crippen LogP contribution in [0.15, 0.2) is 18.2 Å². The first-order valence-corrected chi connectivity index (χ1v) is 6.04. The van der Waals surface area contributed by atoms with Gasteiger partial charge in [0.05, 0.1) is 7.11 Å². The summed E-state index contributed by atoms with van der Waals surface area (Å²) in [5.74, 6) is 1.54. The molecule has 1 aromatic carbocycles. The summed E-state index contributed by atoms with van der Waals surface area (Å²) >= 11 is 0. The molecule has 0 aliphatic rings. The van der Waals surface area contributed by atoms with Gasteiger partial charge < -0.3 is 10.1 Å². The fourth-order valence-electron chi connectivity index (χ4n) is 1.89. The van der Waals surface area contributed by atoms with Gasteiger partial charge in [0.15, 0.2) is 0 Å². The van der Waals surface area contributed by atoms with E-state index >= 15 is 0 Å². The fourth-order valence-corrected chi connectivity index (χ4v) is 1.89. The molecule has 16 heavy (non-hydrogen) atoms. The van der Waals surface area contributed by atoms with E-state index in [1.165, 1.54) is 11.1 Å². The van der Waals surface area contributed by atoms with Gasteiger partial charge in [-0.1, -0.05) is 31.5 Å². The van der Waals surface area contributed by atoms with Crippen molar-refractivity contribution in [3.63, 3.8) is 0 Å². The van der Waals surface area contributed by atoms with Gasteiger partial charge in [0.25, 0.3) is 0 Å². The molecule has 0 heterocycles. The van der Waals surface area contributed by atoms with Crippen LogP contribution in [-0.4, -0.2) is 20.2 Å². The summed E-state index contributed by atoms with van der Waals surface area (Å²) in [6.07, 6.45) is 1.15. The zero-order chi connectivity index (χ0) is 12.0. The molecule has 0 radical (unpaired) electrons. The van der Waals surface area contributed by atoms with Crippen LogP contribution in [0.3, 0.4) is 0 Å². The number of rotatable bonds is 6. The Labute approximate surface area is 99.0 Å². The number of hydrogen-bond acceptors (Lipinski definition) is 2. The summed E-state index contributed by atoms with van der Waals surface area (Å²) in [5, 5.41) is 3.36. The van der Waals surface area contributed by atoms with E-state index in [0.29, 0.717) is 5.92 Å². The predicted molar refractivity (Wildman–Crippen MR) is 69.3 cm³/mol. The van der Waals surface area contributed by atoms with Crippen LogP contribution < -0.4 is 10.1 Å². The number of methoxy groups -OCH3 is 1. The molecule has 0 aliphatic heterocycles. The highest BCUT2D eigenvalue weighted by Gasteiger charge is 2.11. The Morgan fingerprint density at radius 1 is 1.38 bits per heavy atom. The lowest BCUT2D eigenvalue weighted by atomic mass is 9.95. The quantitative estimate of drug-likeness (QED) is 0.745. The first-order valence-electron chi connectivity index (χ1n) is 6.04. The van der Waals surface area contributed by atoms with E-state index in [0.717, 1.165) is 25.3 Å². The minimum absolute atomic E-state index is 0.536. The average molecular weight is 221 g/mol. The lowest BCUT2D eigenvalue weighted by molar-refractivity contribution is 0.404. The minimum atomic E-state index is 0.536. The first-order chi connectivity index (χ1) is 7.69. The number of aryl methyl sites for hydroxylation is 1. The molecule has 0 bridgehead atoms. The summed E-state index contributed by atoms with van der Waals surface area (Å²) < 4.78 is 5.41. The van der Waals surface area contributed by atoms with Crippen molar-refractivity contribution >= 4 is 0 Å². The van der Waals surface area contributed by atoms with Crippen molar-refractivity contribution in [2.45, 2.75) is 33.1 Å². The van der Waals surface area contributed by atoms with Crippen molar-refractivity contribution in [1.29, 1.82) is 0 Å². The molecular formula is C14H23NO. The van der Waals surface area contributed by atoms with Crippen molar-refractivity contribution in [2.75, 3.05) is 20.2 Å². The zero-order valence-electron chi connectivity index (χ0n) is 10.8. The second-order valence-electron chi connectivity index (χ2n) is 4.29. The van der Waals surface area contributed by atoms with E-state index in [9.17, 15) is 0 Å². The molecule has 1 unspecified atom stereocenters. The van der Waals surface area contributed by atoms with Crippen LogP contribution in [0.1, 0.15) is 37.3 Å². The Balaban J connectivity index is 2.72. The summed E-state index contributed by atoms with van der Waals surface area (Å²) in [6.45, 7) is 8.62. The number of nitrogens with one attached hydrogen (secondary N) is 1. The van der Waals surface area contributed by atoms with E-state index < -0.39 is 0 Å². The topological polar surface area (TPSA) is 21.3 Å². The van der Waals surface area contributed by atoms with Crippen LogP contribution in [-0.2, 0) is 0 Å². The lowest BCUT2D eigenvalue weighted by Crippen LogP contribution is -2.16. The second kappa shape index (κ2) is 6.54. The molecule has 0 amide bonds. The van der Waals surface area contributed by atoms with E-state index in [1.807, 2.05) is 0 Å². The van der Waals surface area contributed by atoms with Crippen LogP contribution in [0.2, 0.25) is 0 Å². The number of hydrogen-bond donors (Lipinski definition) is 1. The zero-order valence-corrected chi connectivity index (χ0v) is 10.8. The monoisotopic (exact) mass is 221 g/mol. The van der Waals surface area contributed by atoms with Gasteiger partial charge in [0.2, 0.25) is 0 Å². The van der Waals surface area contributed by atoms with Gasteiger partial charge in [0.1, 0.15) is 5.75 Å². The Morgan fingerprint density at radius 2 is 2.12 bits per heavy atom. The Hall–Kier alpha value is -1.02. The van der Waals surface area contributed by atoms with Gasteiger partial charge >= 0.3 is 0 Å². The maximum Gasteiger partial charge on any atom is 0.122 e. The smallest absolute Gasteiger partial charge is 0.122 e. The molecule has 2 nitrogen and oxygen atoms in total. The summed E-state index contributed by atoms with van der Waals surface area (Å²) in [7, 11) is 1.74. The van der Waals surface area contributed by atoms with Crippen molar-refractivity contribution in [2.24, 2.45) is 0 Å². The van der Waals surface area contributed by atoms with Crippen molar-refractivity contribution in [3.05, 3.63) is 29.3 Å². The van der Waals surface area contributed by atoms with Crippen molar-refractivity contribution in [3.8, 4) is 5.75 Å². The molecular weight excluding hydrogens is 198 g/mol. The highest BCUT2D eigenvalue weighted by Crippen LogP contribution is 2.29. The molecule has 0 fully saturated rings. The Bertz CT molecular complexity index is 323. The van der Waals surface area contributed by atoms with Crippen LogP contribution >= 0.6 is 0 Å². The third-order valence-corrected chi connectivity index (χ3v) is 2.92. The van der Waals surface area contributed by atoms with Crippen LogP contribution in [0.25, 0.3) is 0 Å². The normalized spacial score (nSPS) is 12.5. The molecule has 0 aliphatic carbocycles. The molecule has 0 saturated heterocycles. The van der Waals surface area contributed by atoms with Gasteiger partial charge in [-0.3, -0.25) is 0 Å². The van der Waals surface area contributed by atoms with Crippen LogP contribution in [0.4, 0.5) is 0 Å². The second-order valence-corrected chi connectivity index (χ2v) is 4.29. The van der Waals surface area contributed by atoms with E-state index in [-0.39, 0.29) is 0 Å². The average Bonchev–Trinajstić information content (AvgIpc) is 2.29. The largest absolute Gasteiger partial charge is 0.496 e. The SMILES string of the molecule is CCNCCC(C)c1cc(C)ccc1OC. The van der Waals surface area contributed by atoms with E-state index in [1.54, 1.807) is 7.11 Å².